The number of nitrogens with two attached hydrogens (primary N) is 1. The molecule has 0 fully saturated rings. The third-order valence-electron chi connectivity index (χ3n) is 1.63. The minimum atomic E-state index is -0.833. The van der Waals surface area contributed by atoms with Crippen LogP contribution in [0.2, 0.25) is 0 Å². The maximum absolute atomic E-state index is 11.5. The van der Waals surface area contributed by atoms with E-state index >= 15 is 0 Å². The molecule has 0 spiro atoms. The van der Waals surface area contributed by atoms with Crippen LogP contribution in [0.4, 0.5) is 0 Å². The normalized spacial score (nSPS) is 14.1. The van der Waals surface area contributed by atoms with Gasteiger partial charge in [0.2, 0.25) is 0 Å². The van der Waals surface area contributed by atoms with Crippen LogP contribution in [0.1, 0.15) is 20.3 Å². The summed E-state index contributed by atoms with van der Waals surface area (Å²) in [4.78, 5) is 0. The lowest BCUT2D eigenvalue weighted by Gasteiger charge is -2.17. The summed E-state index contributed by atoms with van der Waals surface area (Å²) in [5, 5.41) is 0. The molecule has 0 saturated heterocycles. The SMILES string of the molecule is COCCOCCCS(=O)CC(C)(C)N. The first-order valence-corrected chi connectivity index (χ1v) is 6.65. The summed E-state index contributed by atoms with van der Waals surface area (Å²) >= 11 is 0. The van der Waals surface area contributed by atoms with Crippen LogP contribution in [0.5, 0.6) is 0 Å². The lowest BCUT2D eigenvalue weighted by atomic mass is 10.1. The molecule has 0 aromatic carbocycles. The number of hydrogen-bond donors (Lipinski definition) is 1. The zero-order valence-corrected chi connectivity index (χ0v) is 10.8. The summed E-state index contributed by atoms with van der Waals surface area (Å²) in [5.74, 6) is 1.21. The quantitative estimate of drug-likeness (QED) is 0.594. The van der Waals surface area contributed by atoms with Crippen molar-refractivity contribution in [3.05, 3.63) is 0 Å². The second-order valence-corrected chi connectivity index (χ2v) is 5.81. The summed E-state index contributed by atoms with van der Waals surface area (Å²) in [5.41, 5.74) is 5.42. The molecule has 0 radical (unpaired) electrons. The van der Waals surface area contributed by atoms with Crippen LogP contribution >= 0.6 is 0 Å². The van der Waals surface area contributed by atoms with Gasteiger partial charge in [-0.2, -0.15) is 0 Å². The molecule has 1 unspecified atom stereocenters. The fourth-order valence-electron chi connectivity index (χ4n) is 1.05. The van der Waals surface area contributed by atoms with E-state index in [1.54, 1.807) is 7.11 Å². The molecule has 1 atom stereocenters. The van der Waals surface area contributed by atoms with Crippen LogP contribution in [0.3, 0.4) is 0 Å². The van der Waals surface area contributed by atoms with Gasteiger partial charge in [0.1, 0.15) is 0 Å². The third kappa shape index (κ3) is 12.0. The largest absolute Gasteiger partial charge is 0.382 e. The van der Waals surface area contributed by atoms with E-state index in [1.807, 2.05) is 13.8 Å². The molecule has 92 valence electrons. The second-order valence-electron chi connectivity index (χ2n) is 4.24. The molecule has 5 heteroatoms. The van der Waals surface area contributed by atoms with Crippen molar-refractivity contribution in [3.63, 3.8) is 0 Å². The number of methoxy groups -OCH3 is 1. The van der Waals surface area contributed by atoms with E-state index in [0.717, 1.165) is 6.42 Å². The first-order valence-electron chi connectivity index (χ1n) is 5.16. The Balaban J connectivity index is 3.32. The van der Waals surface area contributed by atoms with Crippen LogP contribution in [0.25, 0.3) is 0 Å². The van der Waals surface area contributed by atoms with Gasteiger partial charge < -0.3 is 15.2 Å². The number of hydrogen-bond acceptors (Lipinski definition) is 4. The molecule has 15 heavy (non-hydrogen) atoms. The van der Waals surface area contributed by atoms with Crippen molar-refractivity contribution in [2.75, 3.05) is 38.4 Å². The fraction of sp³-hybridized carbons (Fsp3) is 1.00. The van der Waals surface area contributed by atoms with Gasteiger partial charge >= 0.3 is 0 Å². The molecular weight excluding hydrogens is 214 g/mol. The van der Waals surface area contributed by atoms with E-state index in [4.69, 9.17) is 15.2 Å². The van der Waals surface area contributed by atoms with Gasteiger partial charge in [0, 0.05) is 41.6 Å². The van der Waals surface area contributed by atoms with Crippen LogP contribution in [-0.2, 0) is 20.3 Å². The number of ether oxygens (including phenoxy) is 2. The predicted molar refractivity (Wildman–Crippen MR) is 63.5 cm³/mol. The zero-order valence-electron chi connectivity index (χ0n) is 9.95. The van der Waals surface area contributed by atoms with Crippen molar-refractivity contribution in [1.82, 2.24) is 0 Å². The Morgan fingerprint density at radius 1 is 1.27 bits per heavy atom. The van der Waals surface area contributed by atoms with E-state index < -0.39 is 10.8 Å². The van der Waals surface area contributed by atoms with Gasteiger partial charge in [-0.05, 0) is 20.3 Å². The van der Waals surface area contributed by atoms with E-state index in [9.17, 15) is 4.21 Å². The van der Waals surface area contributed by atoms with Gasteiger partial charge in [0.05, 0.1) is 13.2 Å². The van der Waals surface area contributed by atoms with Crippen molar-refractivity contribution in [2.45, 2.75) is 25.8 Å². The van der Waals surface area contributed by atoms with Crippen LogP contribution in [0.15, 0.2) is 0 Å². The van der Waals surface area contributed by atoms with Crippen molar-refractivity contribution >= 4 is 10.8 Å². The predicted octanol–water partition coefficient (Wildman–Crippen LogP) is 0.526. The maximum Gasteiger partial charge on any atom is 0.0700 e. The Morgan fingerprint density at radius 2 is 1.93 bits per heavy atom. The highest BCUT2D eigenvalue weighted by molar-refractivity contribution is 7.85. The Kier molecular flexibility index (Phi) is 8.23. The molecule has 0 saturated carbocycles. The lowest BCUT2D eigenvalue weighted by Crippen LogP contribution is -2.38. The van der Waals surface area contributed by atoms with Crippen molar-refractivity contribution in [1.29, 1.82) is 0 Å². The van der Waals surface area contributed by atoms with Crippen molar-refractivity contribution < 1.29 is 13.7 Å². The van der Waals surface area contributed by atoms with Crippen LogP contribution < -0.4 is 5.73 Å². The first kappa shape index (κ1) is 15.0. The van der Waals surface area contributed by atoms with E-state index in [-0.39, 0.29) is 5.54 Å². The van der Waals surface area contributed by atoms with E-state index in [2.05, 4.69) is 0 Å². The molecule has 0 rings (SSSR count). The molecule has 0 aromatic rings. The Labute approximate surface area is 95.0 Å². The molecule has 0 heterocycles. The lowest BCUT2D eigenvalue weighted by molar-refractivity contribution is 0.0713. The Morgan fingerprint density at radius 3 is 2.47 bits per heavy atom. The Bertz CT molecular complexity index is 180. The topological polar surface area (TPSA) is 61.5 Å². The van der Waals surface area contributed by atoms with Gasteiger partial charge in [0.25, 0.3) is 0 Å². The number of rotatable bonds is 9. The van der Waals surface area contributed by atoms with Gasteiger partial charge in [-0.25, -0.2) is 0 Å². The van der Waals surface area contributed by atoms with Crippen LogP contribution in [0, 0.1) is 0 Å². The standard InChI is InChI=1S/C10H23NO3S/c1-10(2,11)9-15(12)8-4-5-14-7-6-13-3/h4-9,11H2,1-3H3. The molecule has 0 bridgehead atoms. The Hall–Kier alpha value is 0.0300. The van der Waals surface area contributed by atoms with Gasteiger partial charge in [0.15, 0.2) is 0 Å². The fourth-order valence-corrected chi connectivity index (χ4v) is 2.47. The summed E-state index contributed by atoms with van der Waals surface area (Å²) in [6.07, 6.45) is 0.812. The summed E-state index contributed by atoms with van der Waals surface area (Å²) in [6.45, 7) is 5.63. The van der Waals surface area contributed by atoms with E-state index in [1.165, 1.54) is 0 Å². The molecule has 0 aliphatic carbocycles. The molecule has 4 nitrogen and oxygen atoms in total. The van der Waals surface area contributed by atoms with Crippen molar-refractivity contribution in [2.24, 2.45) is 5.73 Å². The third-order valence-corrected chi connectivity index (χ3v) is 3.44. The second kappa shape index (κ2) is 8.21. The minimum absolute atomic E-state index is 0.345. The van der Waals surface area contributed by atoms with E-state index in [0.29, 0.717) is 31.3 Å². The van der Waals surface area contributed by atoms with Gasteiger partial charge in [-0.1, -0.05) is 0 Å². The average molecular weight is 237 g/mol. The molecule has 0 aliphatic heterocycles. The highest BCUT2D eigenvalue weighted by atomic mass is 32.2. The van der Waals surface area contributed by atoms with Gasteiger partial charge in [-0.3, -0.25) is 4.21 Å². The molecule has 0 aliphatic rings. The zero-order chi connectivity index (χ0) is 11.7. The molecule has 0 aromatic heterocycles. The highest BCUT2D eigenvalue weighted by Crippen LogP contribution is 2.01. The van der Waals surface area contributed by atoms with Crippen molar-refractivity contribution in [3.8, 4) is 0 Å². The highest BCUT2D eigenvalue weighted by Gasteiger charge is 2.14. The van der Waals surface area contributed by atoms with Crippen LogP contribution in [-0.4, -0.2) is 48.2 Å². The molecule has 2 N–H and O–H groups in total. The summed E-state index contributed by atoms with van der Waals surface area (Å²) in [6, 6.07) is 0. The summed E-state index contributed by atoms with van der Waals surface area (Å²) in [7, 11) is 0.808. The summed E-state index contributed by atoms with van der Waals surface area (Å²) < 4.78 is 21.6. The molecular formula is C10H23NO3S. The average Bonchev–Trinajstić information content (AvgIpc) is 2.08. The smallest absolute Gasteiger partial charge is 0.0700 e. The first-order chi connectivity index (χ1) is 6.95. The monoisotopic (exact) mass is 237 g/mol. The van der Waals surface area contributed by atoms with Gasteiger partial charge in [-0.15, -0.1) is 0 Å². The minimum Gasteiger partial charge on any atom is -0.382 e. The maximum atomic E-state index is 11.5. The molecule has 0 amide bonds.